The van der Waals surface area contributed by atoms with Crippen LogP contribution in [0.15, 0.2) is 57.2 Å². The van der Waals surface area contributed by atoms with Crippen molar-refractivity contribution in [3.05, 3.63) is 80.0 Å². The van der Waals surface area contributed by atoms with Crippen molar-refractivity contribution < 1.29 is 9.84 Å². The number of hydrazone groups is 1. The number of methoxy groups -OCH3 is 1. The highest BCUT2D eigenvalue weighted by Crippen LogP contribution is 2.28. The largest absolute Gasteiger partial charge is 0.504 e. The van der Waals surface area contributed by atoms with Gasteiger partial charge in [-0.25, -0.2) is 10.2 Å². The molecule has 0 unspecified atom stereocenters. The highest BCUT2D eigenvalue weighted by atomic mass is 16.5. The number of fused-ring (bicyclic) bond motifs is 1. The van der Waals surface area contributed by atoms with Crippen LogP contribution in [0.3, 0.4) is 0 Å². The maximum Gasteiger partial charge on any atom is 0.332 e. The van der Waals surface area contributed by atoms with Gasteiger partial charge in [0.1, 0.15) is 0 Å². The number of nitrogens with one attached hydrogen (secondary N) is 1. The predicted molar refractivity (Wildman–Crippen MR) is 126 cm³/mol. The van der Waals surface area contributed by atoms with Gasteiger partial charge in [-0.15, -0.1) is 0 Å². The third-order valence-corrected chi connectivity index (χ3v) is 5.43. The lowest BCUT2D eigenvalue weighted by Crippen LogP contribution is -2.37. The average Bonchev–Trinajstić information content (AvgIpc) is 3.17. The van der Waals surface area contributed by atoms with E-state index in [9.17, 15) is 14.7 Å². The molecule has 0 radical (unpaired) electrons. The van der Waals surface area contributed by atoms with E-state index in [4.69, 9.17) is 4.74 Å². The molecule has 0 bridgehead atoms. The van der Waals surface area contributed by atoms with E-state index in [1.54, 1.807) is 29.8 Å². The van der Waals surface area contributed by atoms with Crippen molar-refractivity contribution in [3.8, 4) is 11.5 Å². The Hall–Kier alpha value is -4.34. The van der Waals surface area contributed by atoms with E-state index in [0.29, 0.717) is 17.9 Å². The average molecular weight is 448 g/mol. The van der Waals surface area contributed by atoms with Gasteiger partial charge in [0.2, 0.25) is 5.95 Å². The first-order valence-electron chi connectivity index (χ1n) is 10.2. The van der Waals surface area contributed by atoms with Gasteiger partial charge in [-0.1, -0.05) is 35.9 Å². The maximum absolute atomic E-state index is 13.0. The molecule has 10 nitrogen and oxygen atoms in total. The van der Waals surface area contributed by atoms with E-state index >= 15 is 0 Å². The molecule has 0 saturated heterocycles. The summed E-state index contributed by atoms with van der Waals surface area (Å²) >= 11 is 0. The standard InChI is InChI=1S/C23H24N6O4/c1-14-8-10-15(11-9-14)13-29-18-20(27(2)23(32)28(3)21(18)31)25-22(29)26-24-12-16-6-5-7-17(33-4)19(16)30/h5-12,30H,13H2,1-4H3,(H,25,26). The van der Waals surface area contributed by atoms with Gasteiger partial charge in [-0.05, 0) is 24.6 Å². The highest BCUT2D eigenvalue weighted by Gasteiger charge is 2.19. The summed E-state index contributed by atoms with van der Waals surface area (Å²) in [7, 11) is 4.46. The van der Waals surface area contributed by atoms with Gasteiger partial charge in [0.05, 0.1) is 19.9 Å². The summed E-state index contributed by atoms with van der Waals surface area (Å²) in [5.74, 6) is 0.557. The van der Waals surface area contributed by atoms with Crippen LogP contribution in [0, 0.1) is 6.92 Å². The van der Waals surface area contributed by atoms with Gasteiger partial charge in [0.25, 0.3) is 5.56 Å². The van der Waals surface area contributed by atoms with Gasteiger partial charge < -0.3 is 9.84 Å². The van der Waals surface area contributed by atoms with Crippen LogP contribution in [0.5, 0.6) is 11.5 Å². The molecule has 33 heavy (non-hydrogen) atoms. The number of rotatable bonds is 6. The highest BCUT2D eigenvalue weighted by molar-refractivity contribution is 5.85. The second-order valence-electron chi connectivity index (χ2n) is 7.65. The molecule has 2 aromatic heterocycles. The Bertz CT molecular complexity index is 1480. The Balaban J connectivity index is 1.81. The number of anilines is 1. The summed E-state index contributed by atoms with van der Waals surface area (Å²) in [4.78, 5) is 29.8. The van der Waals surface area contributed by atoms with Gasteiger partial charge in [-0.3, -0.25) is 18.5 Å². The SMILES string of the molecule is COc1cccc(C=NNc2nc3c(c(=O)n(C)c(=O)n3C)n2Cc2ccc(C)cc2)c1O. The van der Waals surface area contributed by atoms with Crippen LogP contribution in [0.4, 0.5) is 5.95 Å². The van der Waals surface area contributed by atoms with Crippen molar-refractivity contribution in [2.75, 3.05) is 12.5 Å². The van der Waals surface area contributed by atoms with Crippen LogP contribution in [0.1, 0.15) is 16.7 Å². The predicted octanol–water partition coefficient (Wildman–Crippen LogP) is 1.95. The molecule has 2 N–H and O–H groups in total. The number of benzene rings is 2. The molecule has 10 heteroatoms. The summed E-state index contributed by atoms with van der Waals surface area (Å²) in [6.45, 7) is 2.34. The number of hydrogen-bond acceptors (Lipinski definition) is 7. The minimum atomic E-state index is -0.469. The summed E-state index contributed by atoms with van der Waals surface area (Å²) < 4.78 is 9.18. The first-order chi connectivity index (χ1) is 15.8. The second-order valence-corrected chi connectivity index (χ2v) is 7.65. The van der Waals surface area contributed by atoms with Gasteiger partial charge >= 0.3 is 5.69 Å². The molecule has 0 saturated carbocycles. The van der Waals surface area contributed by atoms with E-state index in [-0.39, 0.29) is 22.9 Å². The number of hydrogen-bond donors (Lipinski definition) is 2. The van der Waals surface area contributed by atoms with Crippen LogP contribution in [0.2, 0.25) is 0 Å². The molecule has 0 atom stereocenters. The fourth-order valence-electron chi connectivity index (χ4n) is 3.53. The van der Waals surface area contributed by atoms with E-state index in [2.05, 4.69) is 15.5 Å². The van der Waals surface area contributed by atoms with Crippen LogP contribution >= 0.6 is 0 Å². The molecular formula is C23H24N6O4. The number of ether oxygens (including phenoxy) is 1. The number of para-hydroxylation sites is 1. The fraction of sp³-hybridized carbons (Fsp3) is 0.217. The molecule has 4 aromatic rings. The van der Waals surface area contributed by atoms with Crippen LogP contribution in [0.25, 0.3) is 11.2 Å². The Kier molecular flexibility index (Phi) is 5.74. The number of aryl methyl sites for hydroxylation is 2. The van der Waals surface area contributed by atoms with E-state index in [1.165, 1.54) is 24.9 Å². The smallest absolute Gasteiger partial charge is 0.332 e. The lowest BCUT2D eigenvalue weighted by molar-refractivity contribution is 0.373. The van der Waals surface area contributed by atoms with Crippen molar-refractivity contribution in [3.63, 3.8) is 0 Å². The first kappa shape index (κ1) is 21.9. The lowest BCUT2D eigenvalue weighted by atomic mass is 10.1. The van der Waals surface area contributed by atoms with Crippen molar-refractivity contribution in [2.45, 2.75) is 13.5 Å². The molecule has 0 aliphatic rings. The number of aromatic hydroxyl groups is 1. The van der Waals surface area contributed by atoms with E-state index in [0.717, 1.165) is 15.7 Å². The van der Waals surface area contributed by atoms with Gasteiger partial charge in [-0.2, -0.15) is 10.1 Å². The Morgan fingerprint density at radius 2 is 1.85 bits per heavy atom. The zero-order valence-corrected chi connectivity index (χ0v) is 18.7. The van der Waals surface area contributed by atoms with Gasteiger partial charge in [0, 0.05) is 19.7 Å². The number of phenolic OH excluding ortho intramolecular Hbond substituents is 1. The minimum absolute atomic E-state index is 0.0463. The summed E-state index contributed by atoms with van der Waals surface area (Å²) in [6.07, 6.45) is 1.42. The summed E-state index contributed by atoms with van der Waals surface area (Å²) in [5, 5.41) is 14.5. The molecule has 2 heterocycles. The Morgan fingerprint density at radius 1 is 1.12 bits per heavy atom. The maximum atomic E-state index is 13.0. The topological polar surface area (TPSA) is 116 Å². The third kappa shape index (κ3) is 3.98. The van der Waals surface area contributed by atoms with E-state index in [1.807, 2.05) is 31.2 Å². The molecule has 170 valence electrons. The number of imidazole rings is 1. The molecule has 2 aromatic carbocycles. The van der Waals surface area contributed by atoms with Crippen molar-refractivity contribution in [1.82, 2.24) is 18.7 Å². The first-order valence-corrected chi connectivity index (χ1v) is 10.2. The number of phenols is 1. The van der Waals surface area contributed by atoms with Gasteiger partial charge in [0.15, 0.2) is 22.7 Å². The zero-order chi connectivity index (χ0) is 23.7. The molecule has 4 rings (SSSR count). The van der Waals surface area contributed by atoms with Crippen LogP contribution in [-0.4, -0.2) is 37.1 Å². The second kappa shape index (κ2) is 8.65. The number of nitrogens with zero attached hydrogens (tertiary/aromatic N) is 5. The molecule has 0 aliphatic carbocycles. The third-order valence-electron chi connectivity index (χ3n) is 5.43. The Labute approximate surface area is 189 Å². The minimum Gasteiger partial charge on any atom is -0.504 e. The molecular weight excluding hydrogens is 424 g/mol. The summed E-state index contributed by atoms with van der Waals surface area (Å²) in [5.41, 5.74) is 4.96. The normalized spacial score (nSPS) is 11.4. The summed E-state index contributed by atoms with van der Waals surface area (Å²) in [6, 6.07) is 12.9. The monoisotopic (exact) mass is 448 g/mol. The molecule has 0 spiro atoms. The van der Waals surface area contributed by atoms with Crippen molar-refractivity contribution >= 4 is 23.3 Å². The lowest BCUT2D eigenvalue weighted by Gasteiger charge is -2.10. The molecule has 0 aliphatic heterocycles. The zero-order valence-electron chi connectivity index (χ0n) is 18.7. The van der Waals surface area contributed by atoms with Crippen molar-refractivity contribution in [2.24, 2.45) is 19.2 Å². The van der Waals surface area contributed by atoms with Crippen molar-refractivity contribution in [1.29, 1.82) is 0 Å². The fourth-order valence-corrected chi connectivity index (χ4v) is 3.53. The van der Waals surface area contributed by atoms with Crippen LogP contribution in [-0.2, 0) is 20.6 Å². The quantitative estimate of drug-likeness (QED) is 0.344. The Morgan fingerprint density at radius 3 is 2.55 bits per heavy atom. The number of aromatic nitrogens is 4. The molecule has 0 amide bonds. The van der Waals surface area contributed by atoms with Crippen LogP contribution < -0.4 is 21.4 Å². The molecule has 0 fully saturated rings. The van der Waals surface area contributed by atoms with E-state index < -0.39 is 11.2 Å².